The molecule has 1 aromatic rings. The molecule has 0 aromatic heterocycles. The minimum Gasteiger partial charge on any atom is -0.380 e. The third-order valence-corrected chi connectivity index (χ3v) is 3.67. The summed E-state index contributed by atoms with van der Waals surface area (Å²) in [6.07, 6.45) is 4.07. The van der Waals surface area contributed by atoms with Gasteiger partial charge in [-0.25, -0.2) is 0 Å². The average molecular weight is 274 g/mol. The molecular formula is C17H26N2O. The Bertz CT molecular complexity index is 380. The zero-order chi connectivity index (χ0) is 14.0. The van der Waals surface area contributed by atoms with Crippen LogP contribution in [-0.4, -0.2) is 43.8 Å². The van der Waals surface area contributed by atoms with Gasteiger partial charge in [0.2, 0.25) is 0 Å². The van der Waals surface area contributed by atoms with Crippen molar-refractivity contribution in [1.29, 1.82) is 0 Å². The molecule has 2 rings (SSSR count). The molecule has 0 aliphatic carbocycles. The molecule has 0 amide bonds. The van der Waals surface area contributed by atoms with Crippen molar-refractivity contribution in [2.45, 2.75) is 25.4 Å². The van der Waals surface area contributed by atoms with Crippen LogP contribution in [0.1, 0.15) is 18.4 Å². The molecule has 1 unspecified atom stereocenters. The van der Waals surface area contributed by atoms with Gasteiger partial charge in [-0.05, 0) is 18.4 Å². The summed E-state index contributed by atoms with van der Waals surface area (Å²) in [5.74, 6) is 0. The predicted octanol–water partition coefficient (Wildman–Crippen LogP) is 2.44. The van der Waals surface area contributed by atoms with E-state index in [1.165, 1.54) is 18.5 Å². The van der Waals surface area contributed by atoms with Gasteiger partial charge in [0.25, 0.3) is 0 Å². The largest absolute Gasteiger partial charge is 0.380 e. The van der Waals surface area contributed by atoms with Crippen LogP contribution in [0.2, 0.25) is 0 Å². The van der Waals surface area contributed by atoms with Crippen molar-refractivity contribution in [3.63, 3.8) is 0 Å². The Morgan fingerprint density at radius 3 is 2.95 bits per heavy atom. The van der Waals surface area contributed by atoms with Crippen LogP contribution in [0.25, 0.3) is 0 Å². The van der Waals surface area contributed by atoms with Gasteiger partial charge in [-0.1, -0.05) is 36.4 Å². The lowest BCUT2D eigenvalue weighted by atomic mass is 10.2. The van der Waals surface area contributed by atoms with E-state index in [1.807, 2.05) is 6.08 Å². The van der Waals surface area contributed by atoms with Gasteiger partial charge in [-0.2, -0.15) is 0 Å². The first kappa shape index (κ1) is 15.2. The van der Waals surface area contributed by atoms with Crippen molar-refractivity contribution in [1.82, 2.24) is 10.2 Å². The van der Waals surface area contributed by atoms with E-state index in [0.717, 1.165) is 39.3 Å². The van der Waals surface area contributed by atoms with Gasteiger partial charge in [0.1, 0.15) is 0 Å². The summed E-state index contributed by atoms with van der Waals surface area (Å²) in [6.45, 7) is 9.60. The number of rotatable bonds is 9. The number of ether oxygens (including phenoxy) is 1. The van der Waals surface area contributed by atoms with Crippen molar-refractivity contribution in [3.8, 4) is 0 Å². The Labute approximate surface area is 122 Å². The molecule has 0 spiro atoms. The van der Waals surface area contributed by atoms with Crippen LogP contribution in [-0.2, 0) is 11.3 Å². The highest BCUT2D eigenvalue weighted by Gasteiger charge is 2.21. The molecule has 1 aliphatic rings. The summed E-state index contributed by atoms with van der Waals surface area (Å²) < 4.78 is 5.51. The minimum atomic E-state index is 0.613. The van der Waals surface area contributed by atoms with E-state index >= 15 is 0 Å². The van der Waals surface area contributed by atoms with E-state index in [1.54, 1.807) is 0 Å². The van der Waals surface area contributed by atoms with Crippen molar-refractivity contribution < 1.29 is 4.74 Å². The Hall–Kier alpha value is -1.16. The van der Waals surface area contributed by atoms with Crippen molar-refractivity contribution in [2.75, 3.05) is 32.8 Å². The smallest absolute Gasteiger partial charge is 0.0591 e. The maximum absolute atomic E-state index is 5.51. The molecule has 1 saturated heterocycles. The van der Waals surface area contributed by atoms with E-state index < -0.39 is 0 Å². The number of likely N-dealkylation sites (tertiary alicyclic amines) is 1. The summed E-state index contributed by atoms with van der Waals surface area (Å²) in [5.41, 5.74) is 1.40. The second kappa shape index (κ2) is 8.90. The van der Waals surface area contributed by atoms with E-state index in [0.29, 0.717) is 6.04 Å². The molecule has 0 saturated carbocycles. The third kappa shape index (κ3) is 5.45. The summed E-state index contributed by atoms with van der Waals surface area (Å²) in [5, 5.41) is 3.58. The van der Waals surface area contributed by atoms with E-state index in [-0.39, 0.29) is 0 Å². The van der Waals surface area contributed by atoms with Crippen LogP contribution < -0.4 is 5.32 Å². The highest BCUT2D eigenvalue weighted by molar-refractivity contribution is 5.14. The Morgan fingerprint density at radius 2 is 2.15 bits per heavy atom. The fourth-order valence-electron chi connectivity index (χ4n) is 2.59. The SMILES string of the molecule is C=CCCOCCNC1CCN(Cc2ccccc2)C1. The van der Waals surface area contributed by atoms with Gasteiger partial charge < -0.3 is 10.1 Å². The summed E-state index contributed by atoms with van der Waals surface area (Å²) >= 11 is 0. The molecule has 1 atom stereocenters. The Balaban J connectivity index is 1.57. The second-order valence-corrected chi connectivity index (χ2v) is 5.35. The molecule has 1 fully saturated rings. The molecule has 3 heteroatoms. The number of hydrogen-bond acceptors (Lipinski definition) is 3. The highest BCUT2D eigenvalue weighted by Crippen LogP contribution is 2.13. The second-order valence-electron chi connectivity index (χ2n) is 5.35. The lowest BCUT2D eigenvalue weighted by Gasteiger charge is -2.16. The Kier molecular flexibility index (Phi) is 6.78. The standard InChI is InChI=1S/C17H26N2O/c1-2-3-12-20-13-10-18-17-9-11-19(15-17)14-16-7-5-4-6-8-16/h2,4-8,17-18H,1,3,9-15H2. The van der Waals surface area contributed by atoms with Gasteiger partial charge in [-0.3, -0.25) is 4.90 Å². The topological polar surface area (TPSA) is 24.5 Å². The first-order chi connectivity index (χ1) is 9.88. The van der Waals surface area contributed by atoms with Gasteiger partial charge >= 0.3 is 0 Å². The zero-order valence-electron chi connectivity index (χ0n) is 12.3. The van der Waals surface area contributed by atoms with Gasteiger partial charge in [0.05, 0.1) is 13.2 Å². The predicted molar refractivity (Wildman–Crippen MR) is 83.8 cm³/mol. The van der Waals surface area contributed by atoms with Crippen LogP contribution in [0.4, 0.5) is 0 Å². The maximum Gasteiger partial charge on any atom is 0.0591 e. The van der Waals surface area contributed by atoms with Crippen LogP contribution >= 0.6 is 0 Å². The molecule has 1 N–H and O–H groups in total. The molecule has 1 aliphatic heterocycles. The van der Waals surface area contributed by atoms with Crippen LogP contribution in [0.15, 0.2) is 43.0 Å². The summed E-state index contributed by atoms with van der Waals surface area (Å²) in [7, 11) is 0. The molecule has 110 valence electrons. The minimum absolute atomic E-state index is 0.613. The molecule has 1 heterocycles. The van der Waals surface area contributed by atoms with Gasteiger partial charge in [0, 0.05) is 32.2 Å². The van der Waals surface area contributed by atoms with Crippen molar-refractivity contribution >= 4 is 0 Å². The molecule has 0 bridgehead atoms. The lowest BCUT2D eigenvalue weighted by molar-refractivity contribution is 0.138. The van der Waals surface area contributed by atoms with Gasteiger partial charge in [-0.15, -0.1) is 6.58 Å². The Morgan fingerprint density at radius 1 is 1.30 bits per heavy atom. The number of nitrogens with zero attached hydrogens (tertiary/aromatic N) is 1. The van der Waals surface area contributed by atoms with Gasteiger partial charge in [0.15, 0.2) is 0 Å². The van der Waals surface area contributed by atoms with E-state index in [4.69, 9.17) is 4.74 Å². The van der Waals surface area contributed by atoms with E-state index in [2.05, 4.69) is 47.1 Å². The maximum atomic E-state index is 5.51. The van der Waals surface area contributed by atoms with E-state index in [9.17, 15) is 0 Å². The fourth-order valence-corrected chi connectivity index (χ4v) is 2.59. The molecule has 1 aromatic carbocycles. The van der Waals surface area contributed by atoms with Crippen molar-refractivity contribution in [3.05, 3.63) is 48.6 Å². The first-order valence-electron chi connectivity index (χ1n) is 7.57. The molecule has 3 nitrogen and oxygen atoms in total. The van der Waals surface area contributed by atoms with Crippen LogP contribution in [0, 0.1) is 0 Å². The monoisotopic (exact) mass is 274 g/mol. The van der Waals surface area contributed by atoms with Crippen molar-refractivity contribution in [2.24, 2.45) is 0 Å². The summed E-state index contributed by atoms with van der Waals surface area (Å²) in [4.78, 5) is 2.52. The number of benzene rings is 1. The molecule has 0 radical (unpaired) electrons. The first-order valence-corrected chi connectivity index (χ1v) is 7.57. The summed E-state index contributed by atoms with van der Waals surface area (Å²) in [6, 6.07) is 11.3. The highest BCUT2D eigenvalue weighted by atomic mass is 16.5. The van der Waals surface area contributed by atoms with Crippen LogP contribution in [0.3, 0.4) is 0 Å². The zero-order valence-corrected chi connectivity index (χ0v) is 12.3. The molecule has 20 heavy (non-hydrogen) atoms. The number of hydrogen-bond donors (Lipinski definition) is 1. The quantitative estimate of drug-likeness (QED) is 0.553. The lowest BCUT2D eigenvalue weighted by Crippen LogP contribution is -2.34. The third-order valence-electron chi connectivity index (χ3n) is 3.67. The number of nitrogens with one attached hydrogen (secondary N) is 1. The fraction of sp³-hybridized carbons (Fsp3) is 0.529. The molecular weight excluding hydrogens is 248 g/mol. The average Bonchev–Trinajstić information content (AvgIpc) is 2.91. The van der Waals surface area contributed by atoms with Crippen LogP contribution in [0.5, 0.6) is 0 Å². The normalized spacial score (nSPS) is 19.3.